The SMILES string of the molecule is COC(=O)CC(c1ccc(O)cc1)C(C)C. The highest BCUT2D eigenvalue weighted by Crippen LogP contribution is 2.29. The van der Waals surface area contributed by atoms with E-state index in [1.165, 1.54) is 7.11 Å². The Balaban J connectivity index is 2.85. The first kappa shape index (κ1) is 12.6. The summed E-state index contributed by atoms with van der Waals surface area (Å²) in [5.41, 5.74) is 1.05. The van der Waals surface area contributed by atoms with Crippen molar-refractivity contribution < 1.29 is 14.6 Å². The minimum atomic E-state index is -0.202. The molecule has 3 heteroatoms. The first-order valence-electron chi connectivity index (χ1n) is 5.40. The van der Waals surface area contributed by atoms with Crippen LogP contribution in [0.1, 0.15) is 31.7 Å². The molecule has 1 unspecified atom stereocenters. The lowest BCUT2D eigenvalue weighted by atomic mass is 9.86. The fourth-order valence-corrected chi connectivity index (χ4v) is 1.72. The second-order valence-corrected chi connectivity index (χ2v) is 4.22. The summed E-state index contributed by atoms with van der Waals surface area (Å²) >= 11 is 0. The summed E-state index contributed by atoms with van der Waals surface area (Å²) in [6.07, 6.45) is 0.374. The summed E-state index contributed by atoms with van der Waals surface area (Å²) in [5.74, 6) is 0.521. The van der Waals surface area contributed by atoms with Gasteiger partial charge in [0, 0.05) is 0 Å². The lowest BCUT2D eigenvalue weighted by molar-refractivity contribution is -0.141. The molecule has 0 saturated heterocycles. The third kappa shape index (κ3) is 3.26. The van der Waals surface area contributed by atoms with Crippen LogP contribution >= 0.6 is 0 Å². The summed E-state index contributed by atoms with van der Waals surface area (Å²) < 4.78 is 4.69. The van der Waals surface area contributed by atoms with Crippen LogP contribution in [0.25, 0.3) is 0 Å². The van der Waals surface area contributed by atoms with E-state index in [1.807, 2.05) is 12.1 Å². The van der Waals surface area contributed by atoms with E-state index in [-0.39, 0.29) is 17.6 Å². The van der Waals surface area contributed by atoms with E-state index in [0.29, 0.717) is 12.3 Å². The molecule has 0 radical (unpaired) electrons. The summed E-state index contributed by atoms with van der Waals surface area (Å²) in [4.78, 5) is 11.3. The van der Waals surface area contributed by atoms with Crippen LogP contribution in [0.4, 0.5) is 0 Å². The number of carbonyl (C=O) groups is 1. The van der Waals surface area contributed by atoms with Crippen molar-refractivity contribution in [2.45, 2.75) is 26.2 Å². The highest BCUT2D eigenvalue weighted by Gasteiger charge is 2.19. The smallest absolute Gasteiger partial charge is 0.306 e. The molecule has 0 saturated carbocycles. The molecule has 1 rings (SSSR count). The summed E-state index contributed by atoms with van der Waals surface area (Å²) in [6, 6.07) is 6.98. The molecular weight excluding hydrogens is 204 g/mol. The summed E-state index contributed by atoms with van der Waals surface area (Å²) in [6.45, 7) is 4.14. The van der Waals surface area contributed by atoms with E-state index in [0.717, 1.165) is 5.56 Å². The van der Waals surface area contributed by atoms with Crippen molar-refractivity contribution in [2.24, 2.45) is 5.92 Å². The lowest BCUT2D eigenvalue weighted by Crippen LogP contribution is -2.13. The topological polar surface area (TPSA) is 46.5 Å². The van der Waals surface area contributed by atoms with Crippen molar-refractivity contribution in [2.75, 3.05) is 7.11 Å². The lowest BCUT2D eigenvalue weighted by Gasteiger charge is -2.20. The quantitative estimate of drug-likeness (QED) is 0.797. The van der Waals surface area contributed by atoms with Crippen LogP contribution < -0.4 is 0 Å². The molecule has 0 aromatic heterocycles. The van der Waals surface area contributed by atoms with Gasteiger partial charge >= 0.3 is 5.97 Å². The molecule has 0 bridgehead atoms. The number of carbonyl (C=O) groups excluding carboxylic acids is 1. The van der Waals surface area contributed by atoms with Crippen molar-refractivity contribution in [3.8, 4) is 5.75 Å². The van der Waals surface area contributed by atoms with Crippen LogP contribution in [-0.2, 0) is 9.53 Å². The van der Waals surface area contributed by atoms with E-state index >= 15 is 0 Å². The largest absolute Gasteiger partial charge is 0.508 e. The normalized spacial score (nSPS) is 12.5. The average molecular weight is 222 g/mol. The van der Waals surface area contributed by atoms with Gasteiger partial charge in [0.15, 0.2) is 0 Å². The maximum atomic E-state index is 11.3. The fraction of sp³-hybridized carbons (Fsp3) is 0.462. The highest BCUT2D eigenvalue weighted by molar-refractivity contribution is 5.70. The Bertz CT molecular complexity index is 341. The van der Waals surface area contributed by atoms with Gasteiger partial charge < -0.3 is 9.84 Å². The Morgan fingerprint density at radius 2 is 1.88 bits per heavy atom. The Morgan fingerprint density at radius 3 is 2.31 bits per heavy atom. The third-order valence-electron chi connectivity index (χ3n) is 2.74. The maximum Gasteiger partial charge on any atom is 0.306 e. The maximum absolute atomic E-state index is 11.3. The number of ether oxygens (including phenoxy) is 1. The van der Waals surface area contributed by atoms with E-state index in [9.17, 15) is 9.90 Å². The molecule has 0 aliphatic heterocycles. The average Bonchev–Trinajstić information content (AvgIpc) is 2.26. The number of phenolic OH excluding ortho intramolecular Hbond substituents is 1. The van der Waals surface area contributed by atoms with Crippen molar-refractivity contribution in [3.05, 3.63) is 29.8 Å². The number of benzene rings is 1. The number of hydrogen-bond acceptors (Lipinski definition) is 3. The van der Waals surface area contributed by atoms with Gasteiger partial charge in [0.2, 0.25) is 0 Å². The Hall–Kier alpha value is -1.51. The number of methoxy groups -OCH3 is 1. The molecule has 0 fully saturated rings. The van der Waals surface area contributed by atoms with E-state index in [1.54, 1.807) is 12.1 Å². The summed E-state index contributed by atoms with van der Waals surface area (Å²) in [5, 5.41) is 9.21. The fourth-order valence-electron chi connectivity index (χ4n) is 1.72. The van der Waals surface area contributed by atoms with Gasteiger partial charge in [0.05, 0.1) is 13.5 Å². The van der Waals surface area contributed by atoms with Crippen molar-refractivity contribution >= 4 is 5.97 Å². The molecule has 0 heterocycles. The van der Waals surface area contributed by atoms with Gasteiger partial charge in [0.1, 0.15) is 5.75 Å². The second kappa shape index (κ2) is 5.54. The molecule has 0 spiro atoms. The van der Waals surface area contributed by atoms with Crippen LogP contribution in [-0.4, -0.2) is 18.2 Å². The minimum absolute atomic E-state index is 0.132. The zero-order valence-electron chi connectivity index (χ0n) is 9.93. The molecule has 1 N–H and O–H groups in total. The highest BCUT2D eigenvalue weighted by atomic mass is 16.5. The molecule has 1 atom stereocenters. The second-order valence-electron chi connectivity index (χ2n) is 4.22. The van der Waals surface area contributed by atoms with Gasteiger partial charge in [-0.05, 0) is 29.5 Å². The molecule has 1 aromatic rings. The Morgan fingerprint density at radius 1 is 1.31 bits per heavy atom. The first-order valence-corrected chi connectivity index (χ1v) is 5.40. The van der Waals surface area contributed by atoms with E-state index in [4.69, 9.17) is 0 Å². The standard InChI is InChI=1S/C13H18O3/c1-9(2)12(8-13(15)16-3)10-4-6-11(14)7-5-10/h4-7,9,12,14H,8H2,1-3H3. The number of phenols is 1. The zero-order valence-corrected chi connectivity index (χ0v) is 9.93. The molecular formula is C13H18O3. The first-order chi connectivity index (χ1) is 7.54. The predicted octanol–water partition coefficient (Wildman–Crippen LogP) is 2.69. The van der Waals surface area contributed by atoms with Crippen LogP contribution in [0.15, 0.2) is 24.3 Å². The van der Waals surface area contributed by atoms with Gasteiger partial charge in [0.25, 0.3) is 0 Å². The van der Waals surface area contributed by atoms with Gasteiger partial charge in [-0.15, -0.1) is 0 Å². The van der Waals surface area contributed by atoms with Crippen molar-refractivity contribution in [1.82, 2.24) is 0 Å². The molecule has 3 nitrogen and oxygen atoms in total. The van der Waals surface area contributed by atoms with Gasteiger partial charge in [-0.3, -0.25) is 4.79 Å². The van der Waals surface area contributed by atoms with E-state index < -0.39 is 0 Å². The molecule has 0 aliphatic carbocycles. The van der Waals surface area contributed by atoms with Gasteiger partial charge in [-0.2, -0.15) is 0 Å². The number of aromatic hydroxyl groups is 1. The van der Waals surface area contributed by atoms with Gasteiger partial charge in [-0.25, -0.2) is 0 Å². The minimum Gasteiger partial charge on any atom is -0.508 e. The Kier molecular flexibility index (Phi) is 4.35. The van der Waals surface area contributed by atoms with Crippen LogP contribution in [0.3, 0.4) is 0 Å². The van der Waals surface area contributed by atoms with Crippen molar-refractivity contribution in [3.63, 3.8) is 0 Å². The molecule has 88 valence electrons. The van der Waals surface area contributed by atoms with Gasteiger partial charge in [-0.1, -0.05) is 26.0 Å². The molecule has 0 amide bonds. The number of esters is 1. The molecule has 0 aliphatic rings. The van der Waals surface area contributed by atoms with Crippen molar-refractivity contribution in [1.29, 1.82) is 0 Å². The predicted molar refractivity (Wildman–Crippen MR) is 62.3 cm³/mol. The zero-order chi connectivity index (χ0) is 12.1. The third-order valence-corrected chi connectivity index (χ3v) is 2.74. The molecule has 1 aromatic carbocycles. The Labute approximate surface area is 96.1 Å². The van der Waals surface area contributed by atoms with Crippen LogP contribution in [0, 0.1) is 5.92 Å². The number of rotatable bonds is 4. The number of hydrogen-bond donors (Lipinski definition) is 1. The van der Waals surface area contributed by atoms with E-state index in [2.05, 4.69) is 18.6 Å². The van der Waals surface area contributed by atoms with Crippen LogP contribution in [0.2, 0.25) is 0 Å². The summed E-state index contributed by atoms with van der Waals surface area (Å²) in [7, 11) is 1.40. The molecule has 16 heavy (non-hydrogen) atoms. The monoisotopic (exact) mass is 222 g/mol. The van der Waals surface area contributed by atoms with Crippen LogP contribution in [0.5, 0.6) is 5.75 Å².